The first-order chi connectivity index (χ1) is 5.74. The van der Waals surface area contributed by atoms with Gasteiger partial charge in [0.25, 0.3) is 0 Å². The van der Waals surface area contributed by atoms with E-state index in [0.717, 1.165) is 18.3 Å². The molecule has 0 aliphatic rings. The standard InChI is InChI=1S/C8H6FNO2/c9-7-3-6(4-10-5-7)8(12)1-2-11/h1-5,11H/b2-1+. The van der Waals surface area contributed by atoms with Crippen LogP contribution in [-0.2, 0) is 0 Å². The molecule has 1 rings (SSSR count). The molecular formula is C8H6FNO2. The number of hydrogen-bond acceptors (Lipinski definition) is 3. The number of carbonyl (C=O) groups excluding carboxylic acids is 1. The number of hydrogen-bond donors (Lipinski definition) is 1. The van der Waals surface area contributed by atoms with Gasteiger partial charge in [0, 0.05) is 17.8 Å². The highest BCUT2D eigenvalue weighted by Crippen LogP contribution is 2.02. The fourth-order valence-corrected chi connectivity index (χ4v) is 0.711. The van der Waals surface area contributed by atoms with Gasteiger partial charge < -0.3 is 5.11 Å². The molecule has 0 atom stereocenters. The summed E-state index contributed by atoms with van der Waals surface area (Å²) in [6.45, 7) is 0. The van der Waals surface area contributed by atoms with E-state index < -0.39 is 11.6 Å². The van der Waals surface area contributed by atoms with Crippen molar-refractivity contribution in [1.82, 2.24) is 4.98 Å². The highest BCUT2D eigenvalue weighted by Gasteiger charge is 2.02. The van der Waals surface area contributed by atoms with Gasteiger partial charge in [0.1, 0.15) is 5.82 Å². The summed E-state index contributed by atoms with van der Waals surface area (Å²) >= 11 is 0. The van der Waals surface area contributed by atoms with Crippen molar-refractivity contribution in [3.8, 4) is 0 Å². The Labute approximate surface area is 68.2 Å². The van der Waals surface area contributed by atoms with Crippen LogP contribution in [0.15, 0.2) is 30.8 Å². The molecule has 0 unspecified atom stereocenters. The van der Waals surface area contributed by atoms with Crippen molar-refractivity contribution in [2.24, 2.45) is 0 Å². The fourth-order valence-electron chi connectivity index (χ4n) is 0.711. The lowest BCUT2D eigenvalue weighted by Crippen LogP contribution is -1.95. The molecule has 0 bridgehead atoms. The highest BCUT2D eigenvalue weighted by atomic mass is 19.1. The summed E-state index contributed by atoms with van der Waals surface area (Å²) in [5.41, 5.74) is 0.111. The lowest BCUT2D eigenvalue weighted by Gasteiger charge is -1.92. The van der Waals surface area contributed by atoms with E-state index in [9.17, 15) is 9.18 Å². The summed E-state index contributed by atoms with van der Waals surface area (Å²) < 4.78 is 12.5. The molecule has 0 aromatic carbocycles. The van der Waals surface area contributed by atoms with Crippen LogP contribution in [0.5, 0.6) is 0 Å². The molecule has 0 saturated heterocycles. The number of ketones is 1. The Kier molecular flexibility index (Phi) is 2.53. The van der Waals surface area contributed by atoms with Gasteiger partial charge in [-0.25, -0.2) is 4.39 Å². The summed E-state index contributed by atoms with van der Waals surface area (Å²) in [7, 11) is 0. The zero-order valence-electron chi connectivity index (χ0n) is 6.07. The monoisotopic (exact) mass is 167 g/mol. The van der Waals surface area contributed by atoms with Gasteiger partial charge >= 0.3 is 0 Å². The molecule has 0 radical (unpaired) electrons. The Bertz CT molecular complexity index is 323. The smallest absolute Gasteiger partial charge is 0.190 e. The zero-order valence-corrected chi connectivity index (χ0v) is 6.07. The summed E-state index contributed by atoms with van der Waals surface area (Å²) in [6.07, 6.45) is 3.76. The van der Waals surface area contributed by atoms with Crippen molar-refractivity contribution in [2.45, 2.75) is 0 Å². The highest BCUT2D eigenvalue weighted by molar-refractivity contribution is 6.04. The summed E-state index contributed by atoms with van der Waals surface area (Å²) in [4.78, 5) is 14.4. The van der Waals surface area contributed by atoms with Gasteiger partial charge in [-0.3, -0.25) is 9.78 Å². The van der Waals surface area contributed by atoms with Crippen LogP contribution in [-0.4, -0.2) is 15.9 Å². The van der Waals surface area contributed by atoms with E-state index in [2.05, 4.69) is 4.98 Å². The third-order valence-electron chi connectivity index (χ3n) is 1.22. The minimum absolute atomic E-state index is 0.111. The number of aliphatic hydroxyl groups excluding tert-OH is 1. The third kappa shape index (κ3) is 1.88. The average molecular weight is 167 g/mol. The van der Waals surface area contributed by atoms with Gasteiger partial charge in [0.2, 0.25) is 0 Å². The van der Waals surface area contributed by atoms with Crippen molar-refractivity contribution in [3.63, 3.8) is 0 Å². The maximum atomic E-state index is 12.5. The Morgan fingerprint density at radius 1 is 1.58 bits per heavy atom. The Morgan fingerprint density at radius 3 is 2.92 bits per heavy atom. The second-order valence-corrected chi connectivity index (χ2v) is 2.07. The Morgan fingerprint density at radius 2 is 2.33 bits per heavy atom. The van der Waals surface area contributed by atoms with Crippen LogP contribution in [0.3, 0.4) is 0 Å². The van der Waals surface area contributed by atoms with Crippen LogP contribution in [0.25, 0.3) is 0 Å². The predicted molar refractivity (Wildman–Crippen MR) is 40.3 cm³/mol. The first-order valence-corrected chi connectivity index (χ1v) is 3.19. The maximum absolute atomic E-state index is 12.5. The largest absolute Gasteiger partial charge is 0.515 e. The van der Waals surface area contributed by atoms with Gasteiger partial charge in [0.15, 0.2) is 5.78 Å². The maximum Gasteiger partial charge on any atom is 0.190 e. The number of carbonyl (C=O) groups is 1. The molecule has 1 aromatic heterocycles. The van der Waals surface area contributed by atoms with Crippen molar-refractivity contribution in [1.29, 1.82) is 0 Å². The van der Waals surface area contributed by atoms with Crippen LogP contribution in [0, 0.1) is 5.82 Å². The third-order valence-corrected chi connectivity index (χ3v) is 1.22. The molecule has 3 nitrogen and oxygen atoms in total. The first-order valence-electron chi connectivity index (χ1n) is 3.19. The van der Waals surface area contributed by atoms with Gasteiger partial charge in [-0.15, -0.1) is 0 Å². The molecule has 0 saturated carbocycles. The van der Waals surface area contributed by atoms with E-state index in [4.69, 9.17) is 5.11 Å². The number of aromatic nitrogens is 1. The molecule has 62 valence electrons. The number of allylic oxidation sites excluding steroid dienone is 1. The second-order valence-electron chi connectivity index (χ2n) is 2.07. The molecule has 0 spiro atoms. The van der Waals surface area contributed by atoms with Crippen molar-refractivity contribution < 1.29 is 14.3 Å². The molecule has 1 N–H and O–H groups in total. The molecular weight excluding hydrogens is 161 g/mol. The summed E-state index contributed by atoms with van der Waals surface area (Å²) in [5, 5.41) is 8.25. The number of rotatable bonds is 2. The molecule has 1 heterocycles. The second kappa shape index (κ2) is 3.61. The number of halogens is 1. The number of nitrogens with zero attached hydrogens (tertiary/aromatic N) is 1. The predicted octanol–water partition coefficient (Wildman–Crippen LogP) is 1.48. The van der Waals surface area contributed by atoms with E-state index in [1.807, 2.05) is 0 Å². The average Bonchev–Trinajstić information content (AvgIpc) is 2.05. The summed E-state index contributed by atoms with van der Waals surface area (Å²) in [6, 6.07) is 1.05. The zero-order chi connectivity index (χ0) is 8.97. The van der Waals surface area contributed by atoms with Gasteiger partial charge in [-0.05, 0) is 6.07 Å². The molecule has 0 amide bonds. The number of aliphatic hydroxyl groups is 1. The van der Waals surface area contributed by atoms with Crippen LogP contribution in [0.1, 0.15) is 10.4 Å². The van der Waals surface area contributed by atoms with Crippen LogP contribution in [0.2, 0.25) is 0 Å². The summed E-state index contributed by atoms with van der Waals surface area (Å²) in [5.74, 6) is -1.06. The van der Waals surface area contributed by atoms with E-state index in [0.29, 0.717) is 6.26 Å². The van der Waals surface area contributed by atoms with E-state index >= 15 is 0 Å². The molecule has 12 heavy (non-hydrogen) atoms. The van der Waals surface area contributed by atoms with Crippen molar-refractivity contribution >= 4 is 5.78 Å². The molecule has 0 aliphatic heterocycles. The number of pyridine rings is 1. The lowest BCUT2D eigenvalue weighted by molar-refractivity contribution is 0.104. The Balaban J connectivity index is 2.96. The molecule has 0 fully saturated rings. The Hall–Kier alpha value is -1.71. The molecule has 4 heteroatoms. The van der Waals surface area contributed by atoms with E-state index in [-0.39, 0.29) is 5.56 Å². The SMILES string of the molecule is O=C(/C=C/O)c1cncc(F)c1. The molecule has 1 aromatic rings. The van der Waals surface area contributed by atoms with Crippen LogP contribution in [0.4, 0.5) is 4.39 Å². The van der Waals surface area contributed by atoms with Gasteiger partial charge in [-0.1, -0.05) is 0 Å². The minimum Gasteiger partial charge on any atom is -0.515 e. The fraction of sp³-hybridized carbons (Fsp3) is 0. The first kappa shape index (κ1) is 8.39. The van der Waals surface area contributed by atoms with E-state index in [1.54, 1.807) is 0 Å². The van der Waals surface area contributed by atoms with Crippen molar-refractivity contribution in [2.75, 3.05) is 0 Å². The van der Waals surface area contributed by atoms with E-state index in [1.165, 1.54) is 6.20 Å². The van der Waals surface area contributed by atoms with Crippen LogP contribution < -0.4 is 0 Å². The lowest BCUT2D eigenvalue weighted by atomic mass is 10.2. The van der Waals surface area contributed by atoms with Crippen molar-refractivity contribution in [3.05, 3.63) is 42.2 Å². The minimum atomic E-state index is -0.577. The van der Waals surface area contributed by atoms with Gasteiger partial charge in [0.05, 0.1) is 12.5 Å². The van der Waals surface area contributed by atoms with Gasteiger partial charge in [-0.2, -0.15) is 0 Å². The normalized spacial score (nSPS) is 10.4. The van der Waals surface area contributed by atoms with Crippen LogP contribution >= 0.6 is 0 Å². The topological polar surface area (TPSA) is 50.2 Å². The molecule has 0 aliphatic carbocycles. The quantitative estimate of drug-likeness (QED) is 0.412.